The van der Waals surface area contributed by atoms with Crippen LogP contribution in [-0.2, 0) is 49.3 Å². The van der Waals surface area contributed by atoms with Crippen LogP contribution in [0.5, 0.6) is 17.5 Å². The van der Waals surface area contributed by atoms with Gasteiger partial charge in [0.15, 0.2) is 12.2 Å². The molecular weight excluding hydrogens is 554 g/mol. The van der Waals surface area contributed by atoms with Crippen LogP contribution in [0.4, 0.5) is 0 Å². The van der Waals surface area contributed by atoms with Crippen molar-refractivity contribution in [1.82, 2.24) is 4.98 Å². The van der Waals surface area contributed by atoms with Gasteiger partial charge >= 0.3 is 23.9 Å². The highest BCUT2D eigenvalue weighted by atomic mass is 16.7. The van der Waals surface area contributed by atoms with E-state index >= 15 is 0 Å². The van der Waals surface area contributed by atoms with Crippen molar-refractivity contribution in [2.45, 2.75) is 71.7 Å². The van der Waals surface area contributed by atoms with Crippen molar-refractivity contribution >= 4 is 23.9 Å². The molecule has 1 saturated heterocycles. The number of ether oxygens (including phenoxy) is 8. The van der Waals surface area contributed by atoms with Crippen LogP contribution in [0.2, 0.25) is 0 Å². The molecule has 2 heterocycles. The number of carbonyl (C=O) groups excluding carboxylic acids is 4. The van der Waals surface area contributed by atoms with Gasteiger partial charge in [0, 0.05) is 45.7 Å². The largest absolute Gasteiger partial charge is 0.497 e. The van der Waals surface area contributed by atoms with Crippen molar-refractivity contribution in [3.05, 3.63) is 47.0 Å². The molecule has 0 amide bonds. The first-order valence-corrected chi connectivity index (χ1v) is 13.1. The van der Waals surface area contributed by atoms with Gasteiger partial charge < -0.3 is 37.9 Å². The molecule has 0 aliphatic carbocycles. The van der Waals surface area contributed by atoms with Gasteiger partial charge in [-0.1, -0.05) is 12.1 Å². The molecule has 1 aliphatic rings. The Morgan fingerprint density at radius 3 is 1.95 bits per heavy atom. The van der Waals surface area contributed by atoms with E-state index in [0.29, 0.717) is 17.7 Å². The van der Waals surface area contributed by atoms with Crippen molar-refractivity contribution < 1.29 is 57.1 Å². The smallest absolute Gasteiger partial charge is 0.303 e. The van der Waals surface area contributed by atoms with Crippen LogP contribution in [-0.4, -0.2) is 80.4 Å². The molecule has 42 heavy (non-hydrogen) atoms. The standard InChI is InChI=1S/C29H35NO12/c1-15-12-24(36-7)30-28(22(15)13-20-8-10-21(35-6)11-9-20)42-29-27(40-19(5)34)26(39-18(4)33)25(38-17(3)32)23(41-29)14-37-16(2)31/h8-12,23,25-27,29H,13-14H2,1-7H3/t23-,25-,26+,27-,29+/m1/s1. The topological polar surface area (TPSA) is 155 Å². The molecular formula is C29H35NO12. The summed E-state index contributed by atoms with van der Waals surface area (Å²) in [7, 11) is 3.02. The monoisotopic (exact) mass is 589 g/mol. The molecule has 228 valence electrons. The van der Waals surface area contributed by atoms with Crippen LogP contribution < -0.4 is 14.2 Å². The summed E-state index contributed by atoms with van der Waals surface area (Å²) >= 11 is 0. The van der Waals surface area contributed by atoms with Gasteiger partial charge in [-0.3, -0.25) is 19.2 Å². The number of hydrogen-bond donors (Lipinski definition) is 0. The number of aryl methyl sites for hydroxylation is 1. The summed E-state index contributed by atoms with van der Waals surface area (Å²) in [5.74, 6) is -1.84. The second-order valence-corrected chi connectivity index (χ2v) is 9.48. The Labute approximate surface area is 243 Å². The van der Waals surface area contributed by atoms with E-state index in [2.05, 4.69) is 4.98 Å². The molecule has 0 unspecified atom stereocenters. The maximum Gasteiger partial charge on any atom is 0.303 e. The quantitative estimate of drug-likeness (QED) is 0.279. The fourth-order valence-corrected chi connectivity index (χ4v) is 4.40. The molecule has 1 aliphatic heterocycles. The normalized spacial score (nSPS) is 21.5. The number of pyridine rings is 1. The van der Waals surface area contributed by atoms with E-state index in [1.54, 1.807) is 13.2 Å². The maximum atomic E-state index is 12.2. The van der Waals surface area contributed by atoms with Gasteiger partial charge in [0.1, 0.15) is 18.5 Å². The highest BCUT2D eigenvalue weighted by Gasteiger charge is 2.53. The van der Waals surface area contributed by atoms with E-state index in [1.165, 1.54) is 14.0 Å². The Morgan fingerprint density at radius 2 is 1.40 bits per heavy atom. The number of esters is 4. The highest BCUT2D eigenvalue weighted by Crippen LogP contribution is 2.34. The molecule has 0 bridgehead atoms. The molecule has 1 fully saturated rings. The average Bonchev–Trinajstić information content (AvgIpc) is 2.92. The number of benzene rings is 1. The fourth-order valence-electron chi connectivity index (χ4n) is 4.40. The van der Waals surface area contributed by atoms with Crippen molar-refractivity contribution in [2.75, 3.05) is 20.8 Å². The minimum atomic E-state index is -1.45. The molecule has 0 saturated carbocycles. The Morgan fingerprint density at radius 1 is 0.810 bits per heavy atom. The van der Waals surface area contributed by atoms with Gasteiger partial charge in [-0.25, -0.2) is 0 Å². The number of rotatable bonds is 11. The van der Waals surface area contributed by atoms with E-state index in [0.717, 1.165) is 31.9 Å². The van der Waals surface area contributed by atoms with Crippen LogP contribution in [0.25, 0.3) is 0 Å². The van der Waals surface area contributed by atoms with Crippen LogP contribution in [0.15, 0.2) is 30.3 Å². The number of carbonyl (C=O) groups is 4. The third-order valence-electron chi connectivity index (χ3n) is 6.21. The number of hydrogen-bond acceptors (Lipinski definition) is 13. The van der Waals surface area contributed by atoms with Crippen molar-refractivity contribution in [1.29, 1.82) is 0 Å². The Bertz CT molecular complexity index is 1280. The van der Waals surface area contributed by atoms with Gasteiger partial charge in [-0.05, 0) is 30.2 Å². The Kier molecular flexibility index (Phi) is 11.1. The lowest BCUT2D eigenvalue weighted by Gasteiger charge is -2.43. The van der Waals surface area contributed by atoms with Gasteiger partial charge in [0.25, 0.3) is 0 Å². The first-order chi connectivity index (χ1) is 19.9. The third-order valence-corrected chi connectivity index (χ3v) is 6.21. The second-order valence-electron chi connectivity index (χ2n) is 9.48. The van der Waals surface area contributed by atoms with Crippen molar-refractivity contribution in [2.24, 2.45) is 0 Å². The summed E-state index contributed by atoms with van der Waals surface area (Å²) in [6.45, 7) is 6.09. The maximum absolute atomic E-state index is 12.2. The van der Waals surface area contributed by atoms with Gasteiger partial charge in [-0.2, -0.15) is 4.98 Å². The SMILES string of the molecule is COc1ccc(Cc2c(C)cc(OC)nc2O[C@@H]2O[C@H](COC(C)=O)[C@@H](OC(C)=O)[C@H](OC(C)=O)[C@H]2OC(C)=O)cc1. The second kappa shape index (κ2) is 14.5. The van der Waals surface area contributed by atoms with Crippen LogP contribution in [0.1, 0.15) is 44.4 Å². The van der Waals surface area contributed by atoms with E-state index in [-0.39, 0.29) is 18.4 Å². The molecule has 1 aromatic carbocycles. The molecule has 5 atom stereocenters. The molecule has 13 nitrogen and oxygen atoms in total. The van der Waals surface area contributed by atoms with Crippen molar-refractivity contribution in [3.63, 3.8) is 0 Å². The predicted molar refractivity (Wildman–Crippen MR) is 144 cm³/mol. The summed E-state index contributed by atoms with van der Waals surface area (Å²) in [5.41, 5.74) is 2.35. The molecule has 13 heteroatoms. The summed E-state index contributed by atoms with van der Waals surface area (Å²) < 4.78 is 44.5. The summed E-state index contributed by atoms with van der Waals surface area (Å²) in [5, 5.41) is 0. The summed E-state index contributed by atoms with van der Waals surface area (Å²) in [6, 6.07) is 9.16. The van der Waals surface area contributed by atoms with Gasteiger partial charge in [0.05, 0.1) is 14.2 Å². The fraction of sp³-hybridized carbons (Fsp3) is 0.483. The van der Waals surface area contributed by atoms with E-state index in [1.807, 2.05) is 31.2 Å². The average molecular weight is 590 g/mol. The zero-order valence-corrected chi connectivity index (χ0v) is 24.5. The molecule has 2 aromatic rings. The van der Waals surface area contributed by atoms with E-state index in [4.69, 9.17) is 37.9 Å². The van der Waals surface area contributed by atoms with Gasteiger partial charge in [-0.15, -0.1) is 0 Å². The number of nitrogens with zero attached hydrogens (tertiary/aromatic N) is 1. The van der Waals surface area contributed by atoms with Crippen molar-refractivity contribution in [3.8, 4) is 17.5 Å². The highest BCUT2D eigenvalue weighted by molar-refractivity contribution is 5.68. The predicted octanol–water partition coefficient (Wildman–Crippen LogP) is 2.46. The Balaban J connectivity index is 2.08. The molecule has 0 N–H and O–H groups in total. The first kappa shape index (κ1) is 32.1. The zero-order valence-electron chi connectivity index (χ0n) is 24.5. The minimum absolute atomic E-state index is 0.0866. The molecule has 0 spiro atoms. The van der Waals surface area contributed by atoms with Crippen LogP contribution in [0, 0.1) is 6.92 Å². The molecule has 0 radical (unpaired) electrons. The van der Waals surface area contributed by atoms with E-state index < -0.39 is 54.6 Å². The summed E-state index contributed by atoms with van der Waals surface area (Å²) in [4.78, 5) is 52.4. The zero-order chi connectivity index (χ0) is 31.0. The lowest BCUT2D eigenvalue weighted by Crippen LogP contribution is -2.63. The van der Waals surface area contributed by atoms with E-state index in [9.17, 15) is 19.2 Å². The lowest BCUT2D eigenvalue weighted by atomic mass is 9.98. The minimum Gasteiger partial charge on any atom is -0.497 e. The molecule has 1 aromatic heterocycles. The first-order valence-electron chi connectivity index (χ1n) is 13.1. The number of aromatic nitrogens is 1. The Hall–Kier alpha value is -4.39. The molecule has 3 rings (SSSR count). The number of methoxy groups -OCH3 is 2. The third kappa shape index (κ3) is 8.56. The van der Waals surface area contributed by atoms with Crippen LogP contribution in [0.3, 0.4) is 0 Å². The summed E-state index contributed by atoms with van der Waals surface area (Å²) in [6.07, 6.45) is -6.34. The van der Waals surface area contributed by atoms with Gasteiger partial charge in [0.2, 0.25) is 24.2 Å². The van der Waals surface area contributed by atoms with Crippen LogP contribution >= 0.6 is 0 Å². The lowest BCUT2D eigenvalue weighted by molar-refractivity contribution is -0.289.